The number of esters is 1. The van der Waals surface area contributed by atoms with Crippen LogP contribution in [-0.4, -0.2) is 45.5 Å². The summed E-state index contributed by atoms with van der Waals surface area (Å²) >= 11 is 0. The first-order chi connectivity index (χ1) is 16.2. The van der Waals surface area contributed by atoms with Crippen LogP contribution in [0.15, 0.2) is 42.0 Å². The minimum atomic E-state index is -0.191. The molecule has 2 aromatic rings. The van der Waals surface area contributed by atoms with Crippen molar-refractivity contribution >= 4 is 17.7 Å². The van der Waals surface area contributed by atoms with E-state index in [0.717, 1.165) is 74.3 Å². The minimum absolute atomic E-state index is 0.191. The summed E-state index contributed by atoms with van der Waals surface area (Å²) in [6.45, 7) is 8.40. The molecule has 0 aliphatic carbocycles. The molecule has 0 saturated heterocycles. The van der Waals surface area contributed by atoms with Crippen molar-refractivity contribution in [1.82, 2.24) is 0 Å². The topological polar surface area (TPSA) is 48.0 Å². The van der Waals surface area contributed by atoms with Crippen molar-refractivity contribution in [2.75, 3.05) is 44.4 Å². The second-order valence-corrected chi connectivity index (χ2v) is 8.64. The highest BCUT2D eigenvalue weighted by Crippen LogP contribution is 2.39. The summed E-state index contributed by atoms with van der Waals surface area (Å²) in [5.41, 5.74) is 6.84. The first-order valence-electron chi connectivity index (χ1n) is 12.3. The van der Waals surface area contributed by atoms with Gasteiger partial charge in [-0.05, 0) is 85.2 Å². The molecule has 2 heterocycles. The summed E-state index contributed by atoms with van der Waals surface area (Å²) in [6, 6.07) is 12.8. The molecule has 0 atom stereocenters. The zero-order valence-corrected chi connectivity index (χ0v) is 19.9. The summed E-state index contributed by atoms with van der Waals surface area (Å²) in [5.74, 6) is 0.660. The second kappa shape index (κ2) is 11.4. The van der Waals surface area contributed by atoms with E-state index in [1.54, 1.807) is 0 Å². The zero-order valence-electron chi connectivity index (χ0n) is 19.9. The molecule has 2 aliphatic heterocycles. The highest BCUT2D eigenvalue weighted by atomic mass is 16.5. The molecule has 0 aromatic heterocycles. The molecular weight excluding hydrogens is 414 g/mol. The average Bonchev–Trinajstić information content (AvgIpc) is 3.22. The van der Waals surface area contributed by atoms with Gasteiger partial charge in [0, 0.05) is 31.0 Å². The van der Waals surface area contributed by atoms with Gasteiger partial charge in [-0.3, -0.25) is 0 Å². The van der Waals surface area contributed by atoms with Crippen molar-refractivity contribution in [2.24, 2.45) is 0 Å². The van der Waals surface area contributed by atoms with Gasteiger partial charge in [-0.1, -0.05) is 25.5 Å². The SMILES string of the molecule is CCCCOCCOc1ccc(-c2cc3c4c(c2)CCN4CCC/C(C(=O)OCC)=C\3)cc1. The average molecular weight is 450 g/mol. The van der Waals surface area contributed by atoms with Crippen LogP contribution in [0.3, 0.4) is 0 Å². The van der Waals surface area contributed by atoms with Crippen molar-refractivity contribution in [1.29, 1.82) is 0 Å². The zero-order chi connectivity index (χ0) is 23.0. The maximum absolute atomic E-state index is 12.5. The number of benzene rings is 2. The number of anilines is 1. The maximum Gasteiger partial charge on any atom is 0.334 e. The molecule has 5 heteroatoms. The van der Waals surface area contributed by atoms with Gasteiger partial charge >= 0.3 is 5.97 Å². The fraction of sp³-hybridized carbons (Fsp3) is 0.464. The van der Waals surface area contributed by atoms with E-state index in [0.29, 0.717) is 19.8 Å². The Balaban J connectivity index is 1.53. The van der Waals surface area contributed by atoms with Gasteiger partial charge in [0.05, 0.1) is 13.2 Å². The Morgan fingerprint density at radius 1 is 0.970 bits per heavy atom. The Bertz CT molecular complexity index is 980. The summed E-state index contributed by atoms with van der Waals surface area (Å²) in [7, 11) is 0. The molecule has 0 N–H and O–H groups in total. The quantitative estimate of drug-likeness (QED) is 0.346. The molecule has 5 nitrogen and oxygen atoms in total. The van der Waals surface area contributed by atoms with E-state index >= 15 is 0 Å². The molecule has 0 bridgehead atoms. The van der Waals surface area contributed by atoms with E-state index in [4.69, 9.17) is 14.2 Å². The molecule has 0 spiro atoms. The van der Waals surface area contributed by atoms with Crippen LogP contribution in [-0.2, 0) is 20.7 Å². The summed E-state index contributed by atoms with van der Waals surface area (Å²) in [4.78, 5) is 14.9. The highest BCUT2D eigenvalue weighted by molar-refractivity contribution is 5.96. The highest BCUT2D eigenvalue weighted by Gasteiger charge is 2.25. The van der Waals surface area contributed by atoms with Gasteiger partial charge in [-0.2, -0.15) is 0 Å². The third-order valence-electron chi connectivity index (χ3n) is 6.25. The molecule has 2 aromatic carbocycles. The van der Waals surface area contributed by atoms with Crippen LogP contribution in [0.4, 0.5) is 5.69 Å². The van der Waals surface area contributed by atoms with Gasteiger partial charge in [0.15, 0.2) is 0 Å². The third-order valence-corrected chi connectivity index (χ3v) is 6.25. The molecular formula is C28H35NO4. The summed E-state index contributed by atoms with van der Waals surface area (Å²) < 4.78 is 16.7. The molecule has 4 rings (SSSR count). The normalized spacial score (nSPS) is 16.4. The van der Waals surface area contributed by atoms with Crippen molar-refractivity contribution < 1.29 is 19.0 Å². The van der Waals surface area contributed by atoms with E-state index < -0.39 is 0 Å². The van der Waals surface area contributed by atoms with Crippen LogP contribution in [0.2, 0.25) is 0 Å². The Labute approximate surface area is 197 Å². The van der Waals surface area contributed by atoms with Crippen molar-refractivity contribution in [3.05, 3.63) is 53.1 Å². The van der Waals surface area contributed by atoms with Crippen LogP contribution >= 0.6 is 0 Å². The molecule has 0 radical (unpaired) electrons. The molecule has 0 unspecified atom stereocenters. The fourth-order valence-corrected chi connectivity index (χ4v) is 4.58. The predicted molar refractivity (Wildman–Crippen MR) is 133 cm³/mol. The van der Waals surface area contributed by atoms with E-state index in [1.807, 2.05) is 25.1 Å². The maximum atomic E-state index is 12.5. The monoisotopic (exact) mass is 449 g/mol. The van der Waals surface area contributed by atoms with Crippen LogP contribution < -0.4 is 9.64 Å². The number of hydrogen-bond acceptors (Lipinski definition) is 5. The Hall–Kier alpha value is -2.79. The lowest BCUT2D eigenvalue weighted by Gasteiger charge is -2.24. The van der Waals surface area contributed by atoms with Crippen LogP contribution in [0.5, 0.6) is 5.75 Å². The molecule has 33 heavy (non-hydrogen) atoms. The first-order valence-corrected chi connectivity index (χ1v) is 12.3. The van der Waals surface area contributed by atoms with E-state index in [2.05, 4.69) is 36.1 Å². The molecule has 2 aliphatic rings. The van der Waals surface area contributed by atoms with Crippen LogP contribution in [0.25, 0.3) is 17.2 Å². The standard InChI is InChI=1S/C28H35NO4/c1-3-5-15-31-16-17-33-26-10-8-21(9-11-26)24-18-22-12-14-29-13-6-7-23(28(30)32-4-2)19-25(20-24)27(22)29/h8-11,18-20H,3-7,12-17H2,1-2H3/b23-19+. The number of carbonyl (C=O) groups is 1. The summed E-state index contributed by atoms with van der Waals surface area (Å²) in [5, 5.41) is 0. The van der Waals surface area contributed by atoms with Gasteiger partial charge < -0.3 is 19.1 Å². The number of nitrogens with zero attached hydrogens (tertiary/aromatic N) is 1. The van der Waals surface area contributed by atoms with E-state index in [9.17, 15) is 4.79 Å². The van der Waals surface area contributed by atoms with Crippen molar-refractivity contribution in [3.63, 3.8) is 0 Å². The lowest BCUT2D eigenvalue weighted by atomic mass is 9.95. The molecule has 0 amide bonds. The van der Waals surface area contributed by atoms with Gasteiger partial charge in [0.25, 0.3) is 0 Å². The Kier molecular flexibility index (Phi) is 8.05. The van der Waals surface area contributed by atoms with E-state index in [-0.39, 0.29) is 5.97 Å². The smallest absolute Gasteiger partial charge is 0.334 e. The number of carbonyl (C=O) groups excluding carboxylic acids is 1. The number of hydrogen-bond donors (Lipinski definition) is 0. The second-order valence-electron chi connectivity index (χ2n) is 8.64. The number of rotatable bonds is 10. The van der Waals surface area contributed by atoms with Gasteiger partial charge in [0.2, 0.25) is 0 Å². The molecule has 176 valence electrons. The number of ether oxygens (including phenoxy) is 3. The van der Waals surface area contributed by atoms with E-state index in [1.165, 1.54) is 16.8 Å². The van der Waals surface area contributed by atoms with Gasteiger partial charge in [-0.15, -0.1) is 0 Å². The lowest BCUT2D eigenvalue weighted by molar-refractivity contribution is -0.138. The first kappa shape index (κ1) is 23.4. The largest absolute Gasteiger partial charge is 0.491 e. The number of unbranched alkanes of at least 4 members (excludes halogenated alkanes) is 1. The fourth-order valence-electron chi connectivity index (χ4n) is 4.58. The predicted octanol–water partition coefficient (Wildman–Crippen LogP) is 5.65. The minimum Gasteiger partial charge on any atom is -0.491 e. The summed E-state index contributed by atoms with van der Waals surface area (Å²) in [6.07, 6.45) is 7.04. The third kappa shape index (κ3) is 5.77. The van der Waals surface area contributed by atoms with Crippen molar-refractivity contribution in [3.8, 4) is 16.9 Å². The van der Waals surface area contributed by atoms with Crippen molar-refractivity contribution in [2.45, 2.75) is 46.0 Å². The molecule has 0 fully saturated rings. The Morgan fingerprint density at radius 3 is 2.61 bits per heavy atom. The van der Waals surface area contributed by atoms with Gasteiger partial charge in [-0.25, -0.2) is 4.79 Å². The lowest BCUT2D eigenvalue weighted by Crippen LogP contribution is -2.24. The Morgan fingerprint density at radius 2 is 1.82 bits per heavy atom. The van der Waals surface area contributed by atoms with Crippen LogP contribution in [0.1, 0.15) is 50.7 Å². The van der Waals surface area contributed by atoms with Crippen LogP contribution in [0, 0.1) is 0 Å². The van der Waals surface area contributed by atoms with Gasteiger partial charge in [0.1, 0.15) is 12.4 Å². The molecule has 0 saturated carbocycles.